The lowest BCUT2D eigenvalue weighted by atomic mass is 11.4. The number of hydrogen-bond donors (Lipinski definition) is 0. The van der Waals surface area contributed by atoms with Gasteiger partial charge in [-0.2, -0.15) is 0 Å². The molecule has 6 heavy (non-hydrogen) atoms. The third-order valence-electron chi connectivity index (χ3n) is 0.0913. The van der Waals surface area contributed by atoms with Crippen LogP contribution in [0.2, 0.25) is 0 Å². The number of aliphatic imine (C=N–C) groups is 1. The summed E-state index contributed by atoms with van der Waals surface area (Å²) in [5.41, 5.74) is 0. The summed E-state index contributed by atoms with van der Waals surface area (Å²) >= 11 is 0. The van der Waals surface area contributed by atoms with Crippen LogP contribution in [0.3, 0.4) is 0 Å². The lowest BCUT2D eigenvalue weighted by Crippen LogP contribution is -1.38. The largest absolute Gasteiger partial charge is 0.234 e. The Balaban J connectivity index is -0.0000000450. The number of rotatable bonds is 0. The van der Waals surface area contributed by atoms with Crippen LogP contribution < -0.4 is 0 Å². The highest BCUT2D eigenvalue weighted by Crippen LogP contribution is 1.28. The summed E-state index contributed by atoms with van der Waals surface area (Å²) in [6.07, 6.45) is 1.31. The lowest BCUT2D eigenvalue weighted by molar-refractivity contribution is 0.564. The fourth-order valence-electron chi connectivity index (χ4n) is 0. The maximum atomic E-state index is 8.88. The molecule has 0 spiro atoms. The minimum absolute atomic E-state index is 0. The SMILES string of the molecule is C.C.CN=C=O. The van der Waals surface area contributed by atoms with E-state index in [2.05, 4.69) is 4.99 Å². The summed E-state index contributed by atoms with van der Waals surface area (Å²) in [5.74, 6) is 0. The second-order valence-corrected chi connectivity index (χ2v) is 0.315. The molecule has 0 atom stereocenters. The quantitative estimate of drug-likeness (QED) is 0.324. The van der Waals surface area contributed by atoms with Crippen molar-refractivity contribution in [3.63, 3.8) is 0 Å². The Labute approximate surface area is 38.9 Å². The Kier molecular flexibility index (Phi) is 79.8. The minimum Gasteiger partial charge on any atom is -0.211 e. The Morgan fingerprint density at radius 2 is 1.67 bits per heavy atom. The smallest absolute Gasteiger partial charge is 0.211 e. The van der Waals surface area contributed by atoms with E-state index < -0.39 is 0 Å². The van der Waals surface area contributed by atoms with Crippen molar-refractivity contribution in [1.29, 1.82) is 0 Å². The standard InChI is InChI=1S/C2H3NO.2CH4/c1-3-2-4;;/h1H3;2*1H4. The summed E-state index contributed by atoms with van der Waals surface area (Å²) < 4.78 is 0. The molecule has 0 aromatic carbocycles. The Morgan fingerprint density at radius 3 is 1.67 bits per heavy atom. The van der Waals surface area contributed by atoms with Gasteiger partial charge in [-0.1, -0.05) is 14.9 Å². The Morgan fingerprint density at radius 1 is 1.50 bits per heavy atom. The van der Waals surface area contributed by atoms with E-state index in [1.807, 2.05) is 0 Å². The van der Waals surface area contributed by atoms with E-state index in [1.54, 1.807) is 0 Å². The second-order valence-electron chi connectivity index (χ2n) is 0.315. The molecular formula is C4H11NO. The van der Waals surface area contributed by atoms with Gasteiger partial charge in [0.2, 0.25) is 6.08 Å². The van der Waals surface area contributed by atoms with Crippen LogP contribution in [0.1, 0.15) is 14.9 Å². The molecule has 0 aromatic heterocycles. The molecule has 0 aromatic rings. The number of nitrogens with zero attached hydrogens (tertiary/aromatic N) is 1. The van der Waals surface area contributed by atoms with Crippen LogP contribution in [0, 0.1) is 0 Å². The van der Waals surface area contributed by atoms with Gasteiger partial charge in [0, 0.05) is 7.05 Å². The van der Waals surface area contributed by atoms with Crippen LogP contribution in [0.15, 0.2) is 4.99 Å². The monoisotopic (exact) mass is 89.1 g/mol. The molecule has 0 unspecified atom stereocenters. The van der Waals surface area contributed by atoms with E-state index in [0.29, 0.717) is 0 Å². The molecule has 0 heterocycles. The van der Waals surface area contributed by atoms with Gasteiger partial charge in [0.25, 0.3) is 0 Å². The predicted molar refractivity (Wildman–Crippen MR) is 27.5 cm³/mol. The maximum Gasteiger partial charge on any atom is 0.234 e. The Bertz CT molecular complexity index is 45.5. The first-order chi connectivity index (χ1) is 1.91. The minimum atomic E-state index is 0. The molecule has 0 N–H and O–H groups in total. The zero-order chi connectivity index (χ0) is 3.41. The molecule has 38 valence electrons. The molecule has 0 aliphatic heterocycles. The third-order valence-corrected chi connectivity index (χ3v) is 0.0913. The molecule has 0 bridgehead atoms. The number of carbonyl (C=O) groups excluding carboxylic acids is 1. The van der Waals surface area contributed by atoms with Crippen molar-refractivity contribution >= 4 is 6.08 Å². The molecule has 0 aliphatic rings. The first-order valence-electron chi connectivity index (χ1n) is 0.875. The van der Waals surface area contributed by atoms with Gasteiger partial charge < -0.3 is 0 Å². The summed E-state index contributed by atoms with van der Waals surface area (Å²) in [5, 5.41) is 0. The molecule has 0 fully saturated rings. The lowest BCUT2D eigenvalue weighted by Gasteiger charge is -1.36. The highest BCUT2D eigenvalue weighted by atomic mass is 16.1. The van der Waals surface area contributed by atoms with E-state index in [0.717, 1.165) is 0 Å². The van der Waals surface area contributed by atoms with Crippen LogP contribution in [0.5, 0.6) is 0 Å². The van der Waals surface area contributed by atoms with Crippen LogP contribution in [0.25, 0.3) is 0 Å². The van der Waals surface area contributed by atoms with Gasteiger partial charge in [-0.05, 0) is 0 Å². The van der Waals surface area contributed by atoms with E-state index in [-0.39, 0.29) is 14.9 Å². The molecule has 2 heteroatoms. The van der Waals surface area contributed by atoms with Crippen molar-refractivity contribution in [2.45, 2.75) is 14.9 Å². The molecular weight excluding hydrogens is 78.0 g/mol. The fourth-order valence-corrected chi connectivity index (χ4v) is 0. The molecule has 0 saturated heterocycles. The first-order valence-corrected chi connectivity index (χ1v) is 0.875. The van der Waals surface area contributed by atoms with Gasteiger partial charge in [0.05, 0.1) is 0 Å². The summed E-state index contributed by atoms with van der Waals surface area (Å²) in [6, 6.07) is 0. The van der Waals surface area contributed by atoms with Gasteiger partial charge in [-0.25, -0.2) is 9.79 Å². The maximum absolute atomic E-state index is 8.88. The van der Waals surface area contributed by atoms with Gasteiger partial charge >= 0.3 is 0 Å². The topological polar surface area (TPSA) is 29.4 Å². The van der Waals surface area contributed by atoms with E-state index in [4.69, 9.17) is 4.79 Å². The summed E-state index contributed by atoms with van der Waals surface area (Å²) in [4.78, 5) is 11.8. The molecule has 0 aliphatic carbocycles. The first kappa shape index (κ1) is 18.2. The van der Waals surface area contributed by atoms with E-state index in [9.17, 15) is 0 Å². The van der Waals surface area contributed by atoms with Gasteiger partial charge in [0.15, 0.2) is 0 Å². The fraction of sp³-hybridized carbons (Fsp3) is 0.750. The predicted octanol–water partition coefficient (Wildman–Crippen LogP) is 1.22. The Hall–Kier alpha value is -0.620. The van der Waals surface area contributed by atoms with Crippen molar-refractivity contribution in [2.75, 3.05) is 7.05 Å². The normalized spacial score (nSPS) is 2.83. The van der Waals surface area contributed by atoms with Crippen molar-refractivity contribution in [3.8, 4) is 0 Å². The molecule has 2 nitrogen and oxygen atoms in total. The van der Waals surface area contributed by atoms with Crippen molar-refractivity contribution < 1.29 is 4.79 Å². The number of hydrogen-bond acceptors (Lipinski definition) is 2. The van der Waals surface area contributed by atoms with Crippen molar-refractivity contribution in [3.05, 3.63) is 0 Å². The highest BCUT2D eigenvalue weighted by Gasteiger charge is 1.29. The van der Waals surface area contributed by atoms with Crippen molar-refractivity contribution in [2.24, 2.45) is 4.99 Å². The van der Waals surface area contributed by atoms with Gasteiger partial charge in [0.1, 0.15) is 0 Å². The zero-order valence-corrected chi connectivity index (χ0v) is 2.36. The summed E-state index contributed by atoms with van der Waals surface area (Å²) in [6.45, 7) is 0. The van der Waals surface area contributed by atoms with Gasteiger partial charge in [-0.15, -0.1) is 0 Å². The molecule has 0 saturated carbocycles. The second kappa shape index (κ2) is 26.3. The van der Waals surface area contributed by atoms with E-state index in [1.165, 1.54) is 13.1 Å². The number of isocyanates is 1. The molecule has 0 radical (unpaired) electrons. The summed E-state index contributed by atoms with van der Waals surface area (Å²) in [7, 11) is 1.38. The van der Waals surface area contributed by atoms with E-state index >= 15 is 0 Å². The average Bonchev–Trinajstić information content (AvgIpc) is 1.37. The van der Waals surface area contributed by atoms with Crippen LogP contribution in [-0.2, 0) is 4.79 Å². The van der Waals surface area contributed by atoms with Crippen LogP contribution in [-0.4, -0.2) is 13.1 Å². The van der Waals surface area contributed by atoms with Crippen LogP contribution in [0.4, 0.5) is 0 Å². The zero-order valence-electron chi connectivity index (χ0n) is 2.36. The highest BCUT2D eigenvalue weighted by molar-refractivity contribution is 5.32. The molecule has 0 amide bonds. The third kappa shape index (κ3) is 133. The average molecular weight is 89.1 g/mol. The van der Waals surface area contributed by atoms with Gasteiger partial charge in [-0.3, -0.25) is 0 Å². The van der Waals surface area contributed by atoms with Crippen molar-refractivity contribution in [1.82, 2.24) is 0 Å². The van der Waals surface area contributed by atoms with Crippen LogP contribution >= 0.6 is 0 Å². The molecule has 0 rings (SSSR count).